The van der Waals surface area contributed by atoms with Crippen LogP contribution in [-0.4, -0.2) is 43.6 Å². The number of nitrogens with one attached hydrogen (secondary N) is 1. The minimum atomic E-state index is -2.94. The summed E-state index contributed by atoms with van der Waals surface area (Å²) in [6, 6.07) is 0.124. The second kappa shape index (κ2) is 3.22. The molecular weight excluding hydrogens is 188 g/mol. The fourth-order valence-electron chi connectivity index (χ4n) is 1.76. The lowest BCUT2D eigenvalue weighted by atomic mass is 10.3. The summed E-state index contributed by atoms with van der Waals surface area (Å²) in [6.07, 6.45) is 1.72. The molecule has 4 nitrogen and oxygen atoms in total. The first-order valence-electron chi connectivity index (χ1n) is 4.84. The topological polar surface area (TPSA) is 49.4 Å². The Balaban J connectivity index is 2.13. The van der Waals surface area contributed by atoms with Gasteiger partial charge in [-0.2, -0.15) is 4.31 Å². The zero-order chi connectivity index (χ0) is 9.47. The molecule has 13 heavy (non-hydrogen) atoms. The van der Waals surface area contributed by atoms with E-state index in [0.29, 0.717) is 6.54 Å². The highest BCUT2D eigenvalue weighted by molar-refractivity contribution is 7.90. The molecule has 0 amide bonds. The highest BCUT2D eigenvalue weighted by Gasteiger charge is 2.42. The van der Waals surface area contributed by atoms with Gasteiger partial charge in [-0.25, -0.2) is 8.42 Å². The van der Waals surface area contributed by atoms with E-state index in [0.717, 1.165) is 25.9 Å². The predicted molar refractivity (Wildman–Crippen MR) is 51.0 cm³/mol. The largest absolute Gasteiger partial charge is 0.314 e. The maximum Gasteiger partial charge on any atom is 0.217 e. The quantitative estimate of drug-likeness (QED) is 0.676. The van der Waals surface area contributed by atoms with E-state index in [4.69, 9.17) is 0 Å². The van der Waals surface area contributed by atoms with Crippen molar-refractivity contribution < 1.29 is 8.42 Å². The third-order valence-electron chi connectivity index (χ3n) is 2.71. The number of hydrogen-bond donors (Lipinski definition) is 1. The van der Waals surface area contributed by atoms with Gasteiger partial charge in [-0.15, -0.1) is 0 Å². The molecule has 2 aliphatic rings. The van der Waals surface area contributed by atoms with Crippen LogP contribution >= 0.6 is 0 Å². The molecule has 5 heteroatoms. The molecule has 0 bridgehead atoms. The van der Waals surface area contributed by atoms with Gasteiger partial charge in [0.2, 0.25) is 10.0 Å². The van der Waals surface area contributed by atoms with Gasteiger partial charge < -0.3 is 5.32 Å². The van der Waals surface area contributed by atoms with E-state index in [9.17, 15) is 8.42 Å². The van der Waals surface area contributed by atoms with Crippen molar-refractivity contribution in [3.63, 3.8) is 0 Å². The highest BCUT2D eigenvalue weighted by Crippen LogP contribution is 2.32. The number of nitrogens with zero attached hydrogens (tertiary/aromatic N) is 1. The van der Waals surface area contributed by atoms with Crippen LogP contribution in [0.5, 0.6) is 0 Å². The molecule has 1 aliphatic carbocycles. The monoisotopic (exact) mass is 204 g/mol. The Morgan fingerprint density at radius 1 is 1.38 bits per heavy atom. The van der Waals surface area contributed by atoms with Crippen LogP contribution in [0.2, 0.25) is 0 Å². The van der Waals surface area contributed by atoms with Crippen LogP contribution in [0, 0.1) is 0 Å². The molecule has 0 unspecified atom stereocenters. The lowest BCUT2D eigenvalue weighted by Crippen LogP contribution is -2.53. The summed E-state index contributed by atoms with van der Waals surface area (Å²) in [5.74, 6) is 0. The molecule has 0 spiro atoms. The maximum absolute atomic E-state index is 11.9. The van der Waals surface area contributed by atoms with Crippen molar-refractivity contribution in [2.24, 2.45) is 0 Å². The van der Waals surface area contributed by atoms with Crippen LogP contribution in [0.1, 0.15) is 19.8 Å². The number of hydrogen-bond acceptors (Lipinski definition) is 3. The number of piperazine rings is 1. The minimum absolute atomic E-state index is 0.0620. The number of rotatable bonds is 2. The molecule has 0 aromatic carbocycles. The molecule has 0 aromatic heterocycles. The lowest BCUT2D eigenvalue weighted by Gasteiger charge is -2.32. The molecule has 1 N–H and O–H groups in total. The van der Waals surface area contributed by atoms with Gasteiger partial charge >= 0.3 is 0 Å². The van der Waals surface area contributed by atoms with Gasteiger partial charge in [0.1, 0.15) is 0 Å². The van der Waals surface area contributed by atoms with Crippen molar-refractivity contribution >= 4 is 10.0 Å². The Hall–Kier alpha value is -0.130. The van der Waals surface area contributed by atoms with Crippen LogP contribution in [-0.2, 0) is 10.0 Å². The summed E-state index contributed by atoms with van der Waals surface area (Å²) in [6.45, 7) is 4.17. The van der Waals surface area contributed by atoms with Gasteiger partial charge in [0.25, 0.3) is 0 Å². The van der Waals surface area contributed by atoms with Crippen molar-refractivity contribution in [2.75, 3.05) is 19.6 Å². The average Bonchev–Trinajstić information content (AvgIpc) is 2.86. The molecule has 1 aliphatic heterocycles. The zero-order valence-electron chi connectivity index (χ0n) is 7.86. The second-order valence-electron chi connectivity index (χ2n) is 3.91. The van der Waals surface area contributed by atoms with Crippen LogP contribution in [0.25, 0.3) is 0 Å². The molecule has 1 heterocycles. The third-order valence-corrected chi connectivity index (χ3v) is 5.22. The molecule has 2 rings (SSSR count). The first-order valence-corrected chi connectivity index (χ1v) is 6.34. The Bertz CT molecular complexity index is 285. The van der Waals surface area contributed by atoms with E-state index in [2.05, 4.69) is 5.32 Å². The fraction of sp³-hybridized carbons (Fsp3) is 1.00. The van der Waals surface area contributed by atoms with Crippen molar-refractivity contribution in [1.82, 2.24) is 9.62 Å². The summed E-state index contributed by atoms with van der Waals surface area (Å²) in [7, 11) is -2.94. The third kappa shape index (κ3) is 1.73. The fourth-order valence-corrected chi connectivity index (χ4v) is 3.79. The molecule has 1 atom stereocenters. The minimum Gasteiger partial charge on any atom is -0.314 e. The van der Waals surface area contributed by atoms with Crippen LogP contribution in [0.4, 0.5) is 0 Å². The van der Waals surface area contributed by atoms with Crippen LogP contribution in [0.15, 0.2) is 0 Å². The van der Waals surface area contributed by atoms with E-state index in [1.807, 2.05) is 6.92 Å². The lowest BCUT2D eigenvalue weighted by molar-refractivity contribution is 0.283. The van der Waals surface area contributed by atoms with E-state index < -0.39 is 10.0 Å². The SMILES string of the molecule is C[C@H]1CNCCN1S(=O)(=O)C1CC1. The van der Waals surface area contributed by atoms with E-state index in [-0.39, 0.29) is 11.3 Å². The summed E-state index contributed by atoms with van der Waals surface area (Å²) < 4.78 is 25.4. The van der Waals surface area contributed by atoms with E-state index >= 15 is 0 Å². The van der Waals surface area contributed by atoms with Gasteiger partial charge in [-0.05, 0) is 19.8 Å². The van der Waals surface area contributed by atoms with Gasteiger partial charge in [0.15, 0.2) is 0 Å². The maximum atomic E-state index is 11.9. The summed E-state index contributed by atoms with van der Waals surface area (Å²) in [4.78, 5) is 0. The van der Waals surface area contributed by atoms with E-state index in [1.165, 1.54) is 0 Å². The van der Waals surface area contributed by atoms with Crippen molar-refractivity contribution in [3.8, 4) is 0 Å². The molecule has 0 aromatic rings. The van der Waals surface area contributed by atoms with E-state index in [1.54, 1.807) is 4.31 Å². The van der Waals surface area contributed by atoms with Crippen molar-refractivity contribution in [3.05, 3.63) is 0 Å². The van der Waals surface area contributed by atoms with Crippen LogP contribution < -0.4 is 5.32 Å². The van der Waals surface area contributed by atoms with Gasteiger partial charge in [-0.1, -0.05) is 0 Å². The second-order valence-corrected chi connectivity index (χ2v) is 6.07. The molecule has 1 saturated heterocycles. The summed E-state index contributed by atoms with van der Waals surface area (Å²) >= 11 is 0. The predicted octanol–water partition coefficient (Wildman–Crippen LogP) is -0.228. The smallest absolute Gasteiger partial charge is 0.217 e. The van der Waals surface area contributed by atoms with Gasteiger partial charge in [0.05, 0.1) is 5.25 Å². The normalized spacial score (nSPS) is 31.9. The molecule has 2 fully saturated rings. The first kappa shape index (κ1) is 9.43. The summed E-state index contributed by atoms with van der Waals surface area (Å²) in [5.41, 5.74) is 0. The molecule has 0 radical (unpaired) electrons. The molecular formula is C8H16N2O2S. The highest BCUT2D eigenvalue weighted by atomic mass is 32.2. The Kier molecular flexibility index (Phi) is 2.33. The zero-order valence-corrected chi connectivity index (χ0v) is 8.68. The Labute approximate surface area is 79.4 Å². The Morgan fingerprint density at radius 2 is 2.08 bits per heavy atom. The Morgan fingerprint density at radius 3 is 2.62 bits per heavy atom. The van der Waals surface area contributed by atoms with Crippen molar-refractivity contribution in [2.45, 2.75) is 31.1 Å². The number of sulfonamides is 1. The van der Waals surface area contributed by atoms with Crippen LogP contribution in [0.3, 0.4) is 0 Å². The first-order chi connectivity index (χ1) is 6.12. The van der Waals surface area contributed by atoms with Gasteiger partial charge in [0, 0.05) is 25.7 Å². The summed E-state index contributed by atoms with van der Waals surface area (Å²) in [5, 5.41) is 3.13. The van der Waals surface area contributed by atoms with Crippen molar-refractivity contribution in [1.29, 1.82) is 0 Å². The standard InChI is InChI=1S/C8H16N2O2S/c1-7-6-9-4-5-10(7)13(11,12)8-2-3-8/h7-9H,2-6H2,1H3/t7-/m0/s1. The molecule has 76 valence electrons. The average molecular weight is 204 g/mol. The molecule has 1 saturated carbocycles. The van der Waals surface area contributed by atoms with Gasteiger partial charge in [-0.3, -0.25) is 0 Å².